The minimum Gasteiger partial charge on any atom is -0.507 e. The van der Waals surface area contributed by atoms with E-state index in [0.717, 1.165) is 62.0 Å². The number of phenols is 1. The molecule has 6 rings (SSSR count). The fourth-order valence-corrected chi connectivity index (χ4v) is 8.36. The molecule has 0 radical (unpaired) electrons. The minimum absolute atomic E-state index is 0.00385. The zero-order valence-electron chi connectivity index (χ0n) is 27.8. The van der Waals surface area contributed by atoms with E-state index in [4.69, 9.17) is 9.84 Å². The molecule has 3 fully saturated rings. The van der Waals surface area contributed by atoms with Gasteiger partial charge in [0.15, 0.2) is 6.10 Å². The third-order valence-electron chi connectivity index (χ3n) is 10.8. The van der Waals surface area contributed by atoms with Crippen molar-refractivity contribution in [2.45, 2.75) is 63.5 Å². The number of ether oxygens (including phenoxy) is 1. The van der Waals surface area contributed by atoms with Gasteiger partial charge in [-0.3, -0.25) is 14.5 Å². The van der Waals surface area contributed by atoms with Crippen molar-refractivity contribution in [3.05, 3.63) is 58.1 Å². The van der Waals surface area contributed by atoms with Crippen LogP contribution in [0.3, 0.4) is 0 Å². The number of urea groups is 1. The number of carboxylic acid groups (broad SMARTS) is 1. The number of amides is 4. The van der Waals surface area contributed by atoms with Crippen molar-refractivity contribution in [3.8, 4) is 5.75 Å². The second kappa shape index (κ2) is 15.8. The number of para-hydroxylation sites is 1. The molecule has 49 heavy (non-hydrogen) atoms. The van der Waals surface area contributed by atoms with Crippen LogP contribution in [0.4, 0.5) is 15.3 Å². The number of hydrogen-bond acceptors (Lipinski definition) is 7. The number of aliphatic carboxylic acids is 1. The van der Waals surface area contributed by atoms with Crippen molar-refractivity contribution in [2.75, 3.05) is 57.7 Å². The molecule has 0 bridgehead atoms. The van der Waals surface area contributed by atoms with E-state index in [1.165, 1.54) is 0 Å². The largest absolute Gasteiger partial charge is 0.507 e. The lowest BCUT2D eigenvalue weighted by atomic mass is 9.78. The number of fused-ring (bicyclic) bond motifs is 1. The summed E-state index contributed by atoms with van der Waals surface area (Å²) in [6, 6.07) is 12.7. The molecule has 0 aliphatic carbocycles. The smallest absolute Gasteiger partial charge is 0.410 e. The van der Waals surface area contributed by atoms with Crippen LogP contribution >= 0.6 is 15.9 Å². The van der Waals surface area contributed by atoms with Crippen LogP contribution in [0.15, 0.2) is 46.9 Å². The molecule has 4 aliphatic rings. The molecule has 4 amide bonds. The number of nitrogens with zero attached hydrogens (tertiary/aromatic N) is 4. The van der Waals surface area contributed by atoms with Gasteiger partial charge in [0.2, 0.25) is 0 Å². The molecule has 13 heteroatoms. The lowest BCUT2D eigenvalue weighted by molar-refractivity contribution is -0.142. The van der Waals surface area contributed by atoms with Gasteiger partial charge < -0.3 is 35.0 Å². The molecule has 2 aromatic carbocycles. The van der Waals surface area contributed by atoms with Crippen LogP contribution in [0.25, 0.3) is 0 Å². The monoisotopic (exact) mass is 739 g/mol. The maximum Gasteiger partial charge on any atom is 0.410 e. The molecule has 0 unspecified atom stereocenters. The first-order chi connectivity index (χ1) is 23.6. The first-order valence-electron chi connectivity index (χ1n) is 17.5. The van der Waals surface area contributed by atoms with Crippen molar-refractivity contribution in [2.24, 2.45) is 11.8 Å². The van der Waals surface area contributed by atoms with Gasteiger partial charge in [0.1, 0.15) is 5.75 Å². The molecule has 3 saturated heterocycles. The lowest BCUT2D eigenvalue weighted by Gasteiger charge is -2.41. The molecule has 2 aromatic rings. The third kappa shape index (κ3) is 8.67. The van der Waals surface area contributed by atoms with Crippen LogP contribution in [0.5, 0.6) is 5.75 Å². The van der Waals surface area contributed by atoms with Crippen LogP contribution in [-0.4, -0.2) is 118 Å². The quantitative estimate of drug-likeness (QED) is 0.351. The van der Waals surface area contributed by atoms with Crippen molar-refractivity contribution >= 4 is 45.6 Å². The van der Waals surface area contributed by atoms with E-state index < -0.39 is 18.2 Å². The summed E-state index contributed by atoms with van der Waals surface area (Å²) in [7, 11) is 0. The zero-order chi connectivity index (χ0) is 34.5. The summed E-state index contributed by atoms with van der Waals surface area (Å²) in [5.41, 5.74) is 2.71. The number of benzene rings is 2. The fourth-order valence-electron chi connectivity index (χ4n) is 7.93. The summed E-state index contributed by atoms with van der Waals surface area (Å²) in [4.78, 5) is 59.0. The van der Waals surface area contributed by atoms with Crippen molar-refractivity contribution in [1.82, 2.24) is 19.6 Å². The van der Waals surface area contributed by atoms with Crippen LogP contribution < -0.4 is 5.32 Å². The van der Waals surface area contributed by atoms with E-state index in [-0.39, 0.29) is 36.7 Å². The zero-order valence-corrected chi connectivity index (χ0v) is 29.4. The van der Waals surface area contributed by atoms with Crippen molar-refractivity contribution in [3.63, 3.8) is 0 Å². The van der Waals surface area contributed by atoms with Crippen LogP contribution in [0, 0.1) is 11.8 Å². The summed E-state index contributed by atoms with van der Waals surface area (Å²) in [6.07, 6.45) is 4.28. The van der Waals surface area contributed by atoms with Crippen molar-refractivity contribution < 1.29 is 34.1 Å². The normalized spacial score (nSPS) is 20.7. The number of hydrogen-bond donors (Lipinski definition) is 3. The highest BCUT2D eigenvalue weighted by Gasteiger charge is 2.37. The highest BCUT2D eigenvalue weighted by atomic mass is 79.9. The number of halogens is 1. The second-order valence-electron chi connectivity index (χ2n) is 13.8. The van der Waals surface area contributed by atoms with Gasteiger partial charge in [0.05, 0.1) is 11.0 Å². The van der Waals surface area contributed by atoms with Crippen molar-refractivity contribution in [1.29, 1.82) is 0 Å². The summed E-state index contributed by atoms with van der Waals surface area (Å²) < 4.78 is 6.50. The lowest BCUT2D eigenvalue weighted by Crippen LogP contribution is -2.52. The van der Waals surface area contributed by atoms with Gasteiger partial charge in [-0.15, -0.1) is 0 Å². The van der Waals surface area contributed by atoms with Gasteiger partial charge in [-0.05, 0) is 115 Å². The van der Waals surface area contributed by atoms with E-state index >= 15 is 0 Å². The molecule has 1 atom stereocenters. The Morgan fingerprint density at radius 2 is 1.53 bits per heavy atom. The Morgan fingerprint density at radius 3 is 2.20 bits per heavy atom. The Morgan fingerprint density at radius 1 is 0.878 bits per heavy atom. The number of aromatic hydroxyl groups is 1. The predicted molar refractivity (Wildman–Crippen MR) is 186 cm³/mol. The molecule has 0 saturated carbocycles. The average Bonchev–Trinajstić information content (AvgIpc) is 3.27. The van der Waals surface area contributed by atoms with Gasteiger partial charge in [-0.25, -0.2) is 9.59 Å². The van der Waals surface area contributed by atoms with Crippen LogP contribution in [0.2, 0.25) is 0 Å². The summed E-state index contributed by atoms with van der Waals surface area (Å²) >= 11 is 3.35. The number of anilines is 1. The number of rotatable bonds is 8. The molecule has 3 N–H and O–H groups in total. The van der Waals surface area contributed by atoms with E-state index in [0.29, 0.717) is 61.9 Å². The maximum atomic E-state index is 14.0. The average molecular weight is 741 g/mol. The second-order valence-corrected chi connectivity index (χ2v) is 14.6. The molecule has 4 aliphatic heterocycles. The topological polar surface area (TPSA) is 143 Å². The molecule has 4 heterocycles. The van der Waals surface area contributed by atoms with Gasteiger partial charge in [0, 0.05) is 50.9 Å². The number of carbonyl (C=O) groups is 4. The molecule has 0 spiro atoms. The Bertz CT molecular complexity index is 1520. The van der Waals surface area contributed by atoms with Gasteiger partial charge in [0.25, 0.3) is 5.91 Å². The molecule has 12 nitrogen and oxygen atoms in total. The van der Waals surface area contributed by atoms with E-state index in [1.54, 1.807) is 23.1 Å². The number of piperidine rings is 3. The SMILES string of the molecule is O=C(O)CN1CCC(C2CCN(C(=O)[C@@H](Cc3ccc(O)c(Br)c3)OC(=O)N3CCC(N4CCc5ccccc5NC4=O)CC3)CC2)CC1. The van der Waals surface area contributed by atoms with Gasteiger partial charge >= 0.3 is 18.1 Å². The highest BCUT2D eigenvalue weighted by Crippen LogP contribution is 2.33. The number of carbonyl (C=O) groups excluding carboxylic acids is 3. The van der Waals surface area contributed by atoms with Crippen LogP contribution in [0.1, 0.15) is 49.7 Å². The van der Waals surface area contributed by atoms with Gasteiger partial charge in [-0.2, -0.15) is 0 Å². The highest BCUT2D eigenvalue weighted by molar-refractivity contribution is 9.10. The third-order valence-corrected chi connectivity index (χ3v) is 11.4. The number of phenolic OH excluding ortho intramolecular Hbond substituents is 1. The molecule has 0 aromatic heterocycles. The summed E-state index contributed by atoms with van der Waals surface area (Å²) in [6.45, 7) is 4.27. The Kier molecular flexibility index (Phi) is 11.3. The Hall–Kier alpha value is -3.84. The molecular formula is C36H46BrN5O7. The standard InChI is InChI=1S/C36H46BrN5O7/c37-29-21-24(5-6-31(29)43)22-32(34(46)40-16-9-26(10-17-40)25-7-14-39(15-8-25)23-33(44)45)49-36(48)41-18-12-28(13-19-41)42-20-11-27-3-1-2-4-30(27)38-35(42)47/h1-6,21,25-26,28,32,43H,7-20,22-23H2,(H,38,47)(H,44,45)/t32-/m1/s1. The van der Waals surface area contributed by atoms with E-state index in [1.807, 2.05) is 39.0 Å². The molecule has 264 valence electrons. The number of carboxylic acids is 1. The summed E-state index contributed by atoms with van der Waals surface area (Å²) in [5.74, 6) is 0.0706. The minimum atomic E-state index is -1.02. The van der Waals surface area contributed by atoms with E-state index in [9.17, 15) is 24.3 Å². The first kappa shape index (κ1) is 35.0. The Labute approximate surface area is 295 Å². The van der Waals surface area contributed by atoms with E-state index in [2.05, 4.69) is 21.2 Å². The van der Waals surface area contributed by atoms with Crippen LogP contribution in [-0.2, 0) is 27.2 Å². The molecular weight excluding hydrogens is 694 g/mol. The maximum absolute atomic E-state index is 14.0. The fraction of sp³-hybridized carbons (Fsp3) is 0.556. The first-order valence-corrected chi connectivity index (χ1v) is 18.3. The Balaban J connectivity index is 1.05. The summed E-state index contributed by atoms with van der Waals surface area (Å²) in [5, 5.41) is 22.2. The van der Waals surface area contributed by atoms with Gasteiger partial charge in [-0.1, -0.05) is 24.3 Å². The number of nitrogens with one attached hydrogen (secondary N) is 1. The number of likely N-dealkylation sites (tertiary alicyclic amines) is 3. The predicted octanol–water partition coefficient (Wildman–Crippen LogP) is 4.79.